The second-order valence-corrected chi connectivity index (χ2v) is 6.50. The summed E-state index contributed by atoms with van der Waals surface area (Å²) in [5.74, 6) is -0.207. The summed E-state index contributed by atoms with van der Waals surface area (Å²) in [5, 5.41) is 3.69. The zero-order valence-electron chi connectivity index (χ0n) is 14.0. The fourth-order valence-electron chi connectivity index (χ4n) is 2.70. The maximum absolute atomic E-state index is 13.0. The fraction of sp³-hybridized carbons (Fsp3) is 0.500. The molecule has 1 aromatic heterocycles. The lowest BCUT2D eigenvalue weighted by molar-refractivity contribution is -0.147. The highest BCUT2D eigenvalue weighted by molar-refractivity contribution is 7.71. The van der Waals surface area contributed by atoms with Crippen LogP contribution >= 0.6 is 12.2 Å². The molecular weight excluding hydrogens is 353 g/mol. The summed E-state index contributed by atoms with van der Waals surface area (Å²) < 4.78 is 46.4. The number of ether oxygens (including phenoxy) is 1. The summed E-state index contributed by atoms with van der Waals surface area (Å²) >= 11 is 5.13. The second-order valence-electron chi connectivity index (χ2n) is 6.13. The first-order valence-corrected chi connectivity index (χ1v) is 8.28. The van der Waals surface area contributed by atoms with Gasteiger partial charge in [-0.3, -0.25) is 9.47 Å². The second kappa shape index (κ2) is 6.80. The van der Waals surface area contributed by atoms with Gasteiger partial charge in [-0.05, 0) is 42.8 Å². The molecule has 136 valence electrons. The molecule has 0 radical (unpaired) electrons. The Labute approximate surface area is 148 Å². The highest BCUT2D eigenvalue weighted by Gasteiger charge is 2.38. The predicted octanol–water partition coefficient (Wildman–Crippen LogP) is 3.60. The van der Waals surface area contributed by atoms with Crippen LogP contribution in [0.5, 0.6) is 5.75 Å². The van der Waals surface area contributed by atoms with E-state index < -0.39 is 12.0 Å². The van der Waals surface area contributed by atoms with Gasteiger partial charge in [-0.25, -0.2) is 4.68 Å². The van der Waals surface area contributed by atoms with Gasteiger partial charge in [0.25, 0.3) is 0 Å². The van der Waals surface area contributed by atoms with Crippen LogP contribution in [-0.4, -0.2) is 32.4 Å². The van der Waals surface area contributed by atoms with E-state index in [-0.39, 0.29) is 11.4 Å². The molecule has 25 heavy (non-hydrogen) atoms. The van der Waals surface area contributed by atoms with E-state index in [1.54, 1.807) is 7.11 Å². The van der Waals surface area contributed by atoms with Gasteiger partial charge in [0.1, 0.15) is 5.75 Å². The normalized spacial score (nSPS) is 15.0. The molecule has 0 aliphatic heterocycles. The van der Waals surface area contributed by atoms with Crippen LogP contribution in [0.25, 0.3) is 0 Å². The van der Waals surface area contributed by atoms with Gasteiger partial charge >= 0.3 is 6.18 Å². The molecule has 0 amide bonds. The van der Waals surface area contributed by atoms with Crippen molar-refractivity contribution in [2.24, 2.45) is 7.05 Å². The van der Waals surface area contributed by atoms with Crippen molar-refractivity contribution in [1.82, 2.24) is 19.2 Å². The van der Waals surface area contributed by atoms with E-state index in [0.717, 1.165) is 28.7 Å². The van der Waals surface area contributed by atoms with Crippen LogP contribution < -0.4 is 4.74 Å². The van der Waals surface area contributed by atoms with E-state index in [1.807, 2.05) is 24.3 Å². The fourth-order valence-corrected chi connectivity index (χ4v) is 2.88. The van der Waals surface area contributed by atoms with Crippen LogP contribution in [0.2, 0.25) is 0 Å². The minimum Gasteiger partial charge on any atom is -0.497 e. The van der Waals surface area contributed by atoms with Gasteiger partial charge in [-0.15, -0.1) is 5.10 Å². The van der Waals surface area contributed by atoms with E-state index in [2.05, 4.69) is 10.00 Å². The van der Waals surface area contributed by atoms with E-state index in [1.165, 1.54) is 11.7 Å². The minimum atomic E-state index is -4.52. The van der Waals surface area contributed by atoms with Crippen LogP contribution in [0.15, 0.2) is 24.3 Å². The molecule has 0 spiro atoms. The Hall–Kier alpha value is -1.87. The Morgan fingerprint density at radius 1 is 1.28 bits per heavy atom. The Morgan fingerprint density at radius 2 is 1.92 bits per heavy atom. The molecule has 0 saturated heterocycles. The standard InChI is InChI=1S/C16H19F3N4OS/c1-21-14(16(17,18)19)20-23(15(21)25)10-22(12-5-6-12)9-11-3-7-13(24-2)8-4-11/h3-4,7-8,12H,5-6,9-10H2,1-2H3. The molecule has 0 unspecified atom stereocenters. The molecule has 0 N–H and O–H groups in total. The van der Waals surface area contributed by atoms with E-state index in [4.69, 9.17) is 17.0 Å². The van der Waals surface area contributed by atoms with Gasteiger partial charge in [0.05, 0.1) is 13.8 Å². The smallest absolute Gasteiger partial charge is 0.451 e. The molecule has 1 saturated carbocycles. The Bertz CT molecular complexity index is 793. The average molecular weight is 372 g/mol. The lowest BCUT2D eigenvalue weighted by Gasteiger charge is -2.22. The molecule has 0 atom stereocenters. The Morgan fingerprint density at radius 3 is 2.40 bits per heavy atom. The highest BCUT2D eigenvalue weighted by atomic mass is 32.1. The van der Waals surface area contributed by atoms with Crippen molar-refractivity contribution in [3.63, 3.8) is 0 Å². The number of halogens is 3. The number of alkyl halides is 3. The molecular formula is C16H19F3N4OS. The van der Waals surface area contributed by atoms with Gasteiger partial charge in [-0.2, -0.15) is 13.2 Å². The summed E-state index contributed by atoms with van der Waals surface area (Å²) in [6.07, 6.45) is -2.46. The van der Waals surface area contributed by atoms with E-state index >= 15 is 0 Å². The first-order chi connectivity index (χ1) is 11.8. The minimum absolute atomic E-state index is 0.0627. The molecule has 1 aromatic carbocycles. The molecule has 3 rings (SSSR count). The van der Waals surface area contributed by atoms with Crippen LogP contribution in [0.3, 0.4) is 0 Å². The van der Waals surface area contributed by atoms with E-state index in [9.17, 15) is 13.2 Å². The lowest BCUT2D eigenvalue weighted by atomic mass is 10.2. The highest BCUT2D eigenvalue weighted by Crippen LogP contribution is 2.30. The summed E-state index contributed by atoms with van der Waals surface area (Å²) in [6, 6.07) is 7.99. The van der Waals surface area contributed by atoms with Crippen molar-refractivity contribution in [3.05, 3.63) is 40.4 Å². The molecule has 1 heterocycles. The number of benzene rings is 1. The molecule has 1 aliphatic carbocycles. The van der Waals surface area contributed by atoms with Gasteiger partial charge < -0.3 is 4.74 Å². The maximum atomic E-state index is 13.0. The number of methoxy groups -OCH3 is 1. The SMILES string of the molecule is COc1ccc(CN(Cn2nc(C(F)(F)F)n(C)c2=S)C2CC2)cc1. The number of aromatic nitrogens is 3. The van der Waals surface area contributed by atoms with Crippen molar-refractivity contribution in [2.45, 2.75) is 38.3 Å². The van der Waals surface area contributed by atoms with Crippen molar-refractivity contribution >= 4 is 12.2 Å². The van der Waals surface area contributed by atoms with Gasteiger partial charge in [0, 0.05) is 19.6 Å². The van der Waals surface area contributed by atoms with Crippen LogP contribution in [0.4, 0.5) is 13.2 Å². The zero-order valence-corrected chi connectivity index (χ0v) is 14.8. The van der Waals surface area contributed by atoms with Crippen LogP contribution in [-0.2, 0) is 26.4 Å². The number of hydrogen-bond acceptors (Lipinski definition) is 4. The first-order valence-electron chi connectivity index (χ1n) is 7.87. The van der Waals surface area contributed by atoms with Crippen molar-refractivity contribution < 1.29 is 17.9 Å². The predicted molar refractivity (Wildman–Crippen MR) is 88.6 cm³/mol. The van der Waals surface area contributed by atoms with Crippen molar-refractivity contribution in [3.8, 4) is 5.75 Å². The quantitative estimate of drug-likeness (QED) is 0.726. The topological polar surface area (TPSA) is 35.2 Å². The Balaban J connectivity index is 1.80. The third kappa shape index (κ3) is 4.04. The lowest BCUT2D eigenvalue weighted by Crippen LogP contribution is -2.29. The summed E-state index contributed by atoms with van der Waals surface area (Å²) in [6.45, 7) is 0.855. The maximum Gasteiger partial charge on any atom is 0.451 e. The van der Waals surface area contributed by atoms with E-state index in [0.29, 0.717) is 12.6 Å². The molecule has 0 bridgehead atoms. The first kappa shape index (κ1) is 17.9. The van der Waals surface area contributed by atoms with Crippen molar-refractivity contribution in [2.75, 3.05) is 7.11 Å². The third-order valence-corrected chi connectivity index (χ3v) is 4.70. The summed E-state index contributed by atoms with van der Waals surface area (Å²) in [5.41, 5.74) is 1.06. The number of nitrogens with zero attached hydrogens (tertiary/aromatic N) is 4. The Kier molecular flexibility index (Phi) is 4.88. The number of rotatable bonds is 6. The molecule has 1 aliphatic rings. The van der Waals surface area contributed by atoms with Gasteiger partial charge in [0.2, 0.25) is 5.82 Å². The van der Waals surface area contributed by atoms with Crippen LogP contribution in [0, 0.1) is 4.77 Å². The molecule has 2 aromatic rings. The molecule has 1 fully saturated rings. The molecule has 5 nitrogen and oxygen atoms in total. The summed E-state index contributed by atoms with van der Waals surface area (Å²) in [7, 11) is 2.89. The van der Waals surface area contributed by atoms with Crippen molar-refractivity contribution in [1.29, 1.82) is 0 Å². The largest absolute Gasteiger partial charge is 0.497 e. The van der Waals surface area contributed by atoms with Crippen LogP contribution in [0.1, 0.15) is 24.2 Å². The summed E-state index contributed by atoms with van der Waals surface area (Å²) in [4.78, 5) is 2.10. The van der Waals surface area contributed by atoms with Gasteiger partial charge in [0.15, 0.2) is 4.77 Å². The monoisotopic (exact) mass is 372 g/mol. The van der Waals surface area contributed by atoms with Gasteiger partial charge in [-0.1, -0.05) is 12.1 Å². The number of hydrogen-bond donors (Lipinski definition) is 0. The zero-order chi connectivity index (χ0) is 18.2. The third-order valence-electron chi connectivity index (χ3n) is 4.22. The average Bonchev–Trinajstić information content (AvgIpc) is 3.36. The molecule has 9 heteroatoms.